The smallest absolute Gasteiger partial charge is 0.251 e. The zero-order valence-electron chi connectivity index (χ0n) is 7.68. The highest BCUT2D eigenvalue weighted by atomic mass is 19.3. The molecule has 4 heteroatoms. The second kappa shape index (κ2) is 3.88. The van der Waals surface area contributed by atoms with Gasteiger partial charge in [-0.05, 0) is 25.8 Å². The van der Waals surface area contributed by atoms with E-state index in [1.165, 1.54) is 0 Å². The van der Waals surface area contributed by atoms with E-state index in [1.807, 2.05) is 4.90 Å². The molecule has 0 aliphatic carbocycles. The number of nitrogens with zero attached hydrogens (tertiary/aromatic N) is 1. The highest BCUT2D eigenvalue weighted by Gasteiger charge is 2.35. The third-order valence-electron chi connectivity index (χ3n) is 3.15. The Balaban J connectivity index is 1.99. The number of halogens is 2. The van der Waals surface area contributed by atoms with E-state index in [4.69, 9.17) is 0 Å². The standard InChI is InChI=1S/C9H16F2N2/c10-9(11)6-13-7-1-2-8(13)5-12-4-3-7/h7-9,12H,1-6H2. The highest BCUT2D eigenvalue weighted by molar-refractivity contribution is 4.91. The lowest BCUT2D eigenvalue weighted by molar-refractivity contribution is 0.0660. The van der Waals surface area contributed by atoms with Gasteiger partial charge in [-0.1, -0.05) is 0 Å². The monoisotopic (exact) mass is 190 g/mol. The van der Waals surface area contributed by atoms with Crippen LogP contribution in [0, 0.1) is 0 Å². The normalized spacial score (nSPS) is 35.3. The summed E-state index contributed by atoms with van der Waals surface area (Å²) >= 11 is 0. The number of nitrogens with one attached hydrogen (secondary N) is 1. The van der Waals surface area contributed by atoms with Gasteiger partial charge in [0.1, 0.15) is 0 Å². The second-order valence-corrected chi connectivity index (χ2v) is 3.97. The first-order chi connectivity index (χ1) is 6.27. The fourth-order valence-electron chi connectivity index (χ4n) is 2.54. The Labute approximate surface area is 77.3 Å². The fourth-order valence-corrected chi connectivity index (χ4v) is 2.54. The maximum absolute atomic E-state index is 12.3. The van der Waals surface area contributed by atoms with E-state index in [0.29, 0.717) is 12.1 Å². The van der Waals surface area contributed by atoms with Crippen molar-refractivity contribution in [2.45, 2.75) is 37.8 Å². The van der Waals surface area contributed by atoms with Crippen molar-refractivity contribution in [1.29, 1.82) is 0 Å². The van der Waals surface area contributed by atoms with Gasteiger partial charge in [-0.2, -0.15) is 0 Å². The lowest BCUT2D eigenvalue weighted by Gasteiger charge is -2.26. The molecule has 0 amide bonds. The van der Waals surface area contributed by atoms with Gasteiger partial charge in [-0.3, -0.25) is 4.90 Å². The van der Waals surface area contributed by atoms with Crippen LogP contribution in [0.3, 0.4) is 0 Å². The van der Waals surface area contributed by atoms with Crippen molar-refractivity contribution in [3.8, 4) is 0 Å². The van der Waals surface area contributed by atoms with Gasteiger partial charge >= 0.3 is 0 Å². The lowest BCUT2D eigenvalue weighted by atomic mass is 10.1. The zero-order valence-corrected chi connectivity index (χ0v) is 7.68. The molecule has 2 aliphatic rings. The van der Waals surface area contributed by atoms with Crippen molar-refractivity contribution in [3.05, 3.63) is 0 Å². The van der Waals surface area contributed by atoms with E-state index in [-0.39, 0.29) is 6.54 Å². The Hall–Kier alpha value is -0.220. The van der Waals surface area contributed by atoms with Crippen molar-refractivity contribution >= 4 is 0 Å². The third kappa shape index (κ3) is 1.99. The van der Waals surface area contributed by atoms with Gasteiger partial charge in [-0.25, -0.2) is 8.78 Å². The fraction of sp³-hybridized carbons (Fsp3) is 1.00. The van der Waals surface area contributed by atoms with Crippen molar-refractivity contribution in [3.63, 3.8) is 0 Å². The third-order valence-corrected chi connectivity index (χ3v) is 3.15. The second-order valence-electron chi connectivity index (χ2n) is 3.97. The first-order valence-electron chi connectivity index (χ1n) is 5.02. The average molecular weight is 190 g/mol. The van der Waals surface area contributed by atoms with Crippen LogP contribution in [0.15, 0.2) is 0 Å². The predicted molar refractivity (Wildman–Crippen MR) is 47.0 cm³/mol. The number of alkyl halides is 2. The predicted octanol–water partition coefficient (Wildman–Crippen LogP) is 1.08. The summed E-state index contributed by atoms with van der Waals surface area (Å²) in [5, 5.41) is 3.30. The number of hydrogen-bond acceptors (Lipinski definition) is 2. The summed E-state index contributed by atoms with van der Waals surface area (Å²) in [5.74, 6) is 0. The van der Waals surface area contributed by atoms with Gasteiger partial charge in [0.15, 0.2) is 0 Å². The van der Waals surface area contributed by atoms with Crippen molar-refractivity contribution in [2.75, 3.05) is 19.6 Å². The van der Waals surface area contributed by atoms with E-state index in [1.54, 1.807) is 0 Å². The maximum atomic E-state index is 12.3. The molecule has 2 rings (SSSR count). The molecule has 2 nitrogen and oxygen atoms in total. The summed E-state index contributed by atoms with van der Waals surface area (Å²) in [6, 6.07) is 0.774. The molecule has 2 fully saturated rings. The molecule has 0 radical (unpaired) electrons. The largest absolute Gasteiger partial charge is 0.315 e. The van der Waals surface area contributed by atoms with Crippen LogP contribution in [0.5, 0.6) is 0 Å². The van der Waals surface area contributed by atoms with Crippen LogP contribution >= 0.6 is 0 Å². The summed E-state index contributed by atoms with van der Waals surface area (Å²) in [7, 11) is 0. The summed E-state index contributed by atoms with van der Waals surface area (Å²) < 4.78 is 24.5. The molecule has 2 saturated heterocycles. The summed E-state index contributed by atoms with van der Waals surface area (Å²) in [5.41, 5.74) is 0. The summed E-state index contributed by atoms with van der Waals surface area (Å²) in [4.78, 5) is 2.00. The van der Waals surface area contributed by atoms with Gasteiger partial charge in [0.2, 0.25) is 0 Å². The van der Waals surface area contributed by atoms with Crippen LogP contribution in [-0.4, -0.2) is 43.0 Å². The van der Waals surface area contributed by atoms with E-state index < -0.39 is 6.43 Å². The minimum atomic E-state index is -2.18. The number of hydrogen-bond donors (Lipinski definition) is 1. The lowest BCUT2D eigenvalue weighted by Crippen LogP contribution is -2.40. The Kier molecular flexibility index (Phi) is 2.79. The molecule has 0 aromatic rings. The first-order valence-corrected chi connectivity index (χ1v) is 5.02. The summed E-state index contributed by atoms with van der Waals surface area (Å²) in [6.07, 6.45) is 1.05. The molecule has 0 saturated carbocycles. The molecule has 2 unspecified atom stereocenters. The van der Waals surface area contributed by atoms with Crippen molar-refractivity contribution in [1.82, 2.24) is 10.2 Å². The molecule has 2 heterocycles. The molecule has 2 bridgehead atoms. The summed E-state index contributed by atoms with van der Waals surface area (Å²) in [6.45, 7) is 1.85. The first kappa shape index (κ1) is 9.34. The topological polar surface area (TPSA) is 15.3 Å². The van der Waals surface area contributed by atoms with Gasteiger partial charge in [-0.15, -0.1) is 0 Å². The average Bonchev–Trinajstić information content (AvgIpc) is 2.24. The molecule has 0 aromatic carbocycles. The SMILES string of the molecule is FC(F)CN1C2CCNCC1CC2. The van der Waals surface area contributed by atoms with E-state index in [9.17, 15) is 8.78 Å². The van der Waals surface area contributed by atoms with Crippen molar-refractivity contribution in [2.24, 2.45) is 0 Å². The Morgan fingerprint density at radius 1 is 1.23 bits per heavy atom. The van der Waals surface area contributed by atoms with E-state index >= 15 is 0 Å². The number of fused-ring (bicyclic) bond motifs is 2. The molecule has 2 atom stereocenters. The molecular formula is C9H16F2N2. The maximum Gasteiger partial charge on any atom is 0.251 e. The van der Waals surface area contributed by atoms with Gasteiger partial charge in [0.05, 0.1) is 6.54 Å². The van der Waals surface area contributed by atoms with Gasteiger partial charge in [0, 0.05) is 18.6 Å². The van der Waals surface area contributed by atoms with Crippen LogP contribution in [0.25, 0.3) is 0 Å². The number of rotatable bonds is 2. The molecule has 76 valence electrons. The van der Waals surface area contributed by atoms with Crippen LogP contribution in [-0.2, 0) is 0 Å². The van der Waals surface area contributed by atoms with Crippen LogP contribution in [0.2, 0.25) is 0 Å². The molecule has 1 N–H and O–H groups in total. The molecule has 2 aliphatic heterocycles. The minimum Gasteiger partial charge on any atom is -0.315 e. The quantitative estimate of drug-likeness (QED) is 0.701. The van der Waals surface area contributed by atoms with Crippen LogP contribution < -0.4 is 5.32 Å². The molecule has 0 spiro atoms. The molecule has 13 heavy (non-hydrogen) atoms. The highest BCUT2D eigenvalue weighted by Crippen LogP contribution is 2.28. The van der Waals surface area contributed by atoms with E-state index in [2.05, 4.69) is 5.32 Å². The molecule has 0 aromatic heterocycles. The zero-order chi connectivity index (χ0) is 9.26. The van der Waals surface area contributed by atoms with Crippen LogP contribution in [0.4, 0.5) is 8.78 Å². The van der Waals surface area contributed by atoms with E-state index in [0.717, 1.165) is 32.4 Å². The van der Waals surface area contributed by atoms with Crippen molar-refractivity contribution < 1.29 is 8.78 Å². The minimum absolute atomic E-state index is 0.0307. The Morgan fingerprint density at radius 2 is 2.00 bits per heavy atom. The van der Waals surface area contributed by atoms with Gasteiger partial charge < -0.3 is 5.32 Å². The van der Waals surface area contributed by atoms with Gasteiger partial charge in [0.25, 0.3) is 6.43 Å². The Morgan fingerprint density at radius 3 is 2.77 bits per heavy atom. The van der Waals surface area contributed by atoms with Crippen LogP contribution in [0.1, 0.15) is 19.3 Å². The Bertz CT molecular complexity index is 161. The molecular weight excluding hydrogens is 174 g/mol.